The van der Waals surface area contributed by atoms with Crippen molar-refractivity contribution in [3.8, 4) is 11.5 Å². The van der Waals surface area contributed by atoms with Crippen LogP contribution in [-0.2, 0) is 14.3 Å². The number of carbonyl (C=O) groups excluding carboxylic acids is 2. The van der Waals surface area contributed by atoms with Crippen molar-refractivity contribution in [2.45, 2.75) is 12.7 Å². The van der Waals surface area contributed by atoms with E-state index < -0.39 is 18.2 Å². The zero-order chi connectivity index (χ0) is 15.5. The summed E-state index contributed by atoms with van der Waals surface area (Å²) in [6.07, 6.45) is -0.673. The van der Waals surface area contributed by atoms with E-state index in [1.54, 1.807) is 19.5 Å². The molecule has 1 aliphatic heterocycles. The van der Waals surface area contributed by atoms with Crippen molar-refractivity contribution in [2.24, 2.45) is 0 Å². The third-order valence-electron chi connectivity index (χ3n) is 2.97. The van der Waals surface area contributed by atoms with Crippen molar-refractivity contribution in [2.75, 3.05) is 33.8 Å². The van der Waals surface area contributed by atoms with Crippen LogP contribution in [0.25, 0.3) is 0 Å². The smallest absolute Gasteiger partial charge is 0.314 e. The zero-order valence-electron chi connectivity index (χ0n) is 11.9. The summed E-state index contributed by atoms with van der Waals surface area (Å²) >= 11 is 1.44. The van der Waals surface area contributed by atoms with Crippen LogP contribution in [0.2, 0.25) is 0 Å². The number of likely N-dealkylation sites (N-methyl/N-ethyl adjacent to an activating group) is 1. The summed E-state index contributed by atoms with van der Waals surface area (Å²) in [6, 6.07) is 0. The lowest BCUT2D eigenvalue weighted by atomic mass is 10.3. The van der Waals surface area contributed by atoms with Crippen LogP contribution in [-0.4, -0.2) is 56.5 Å². The molecule has 0 spiro atoms. The number of esters is 1. The van der Waals surface area contributed by atoms with Gasteiger partial charge in [-0.25, -0.2) is 0 Å². The average molecular weight is 315 g/mol. The lowest BCUT2D eigenvalue weighted by molar-refractivity contribution is -0.884. The largest absolute Gasteiger partial charge is 0.544 e. The van der Waals surface area contributed by atoms with Crippen molar-refractivity contribution in [1.82, 2.24) is 0 Å². The molecule has 116 valence electrons. The molecule has 0 radical (unpaired) electrons. The number of carboxylic acids is 1. The van der Waals surface area contributed by atoms with E-state index in [9.17, 15) is 14.7 Å². The molecule has 7 nitrogen and oxygen atoms in total. The van der Waals surface area contributed by atoms with Crippen LogP contribution in [0.5, 0.6) is 11.5 Å². The lowest BCUT2D eigenvalue weighted by Gasteiger charge is -2.30. The minimum Gasteiger partial charge on any atom is -0.544 e. The fourth-order valence-electron chi connectivity index (χ4n) is 1.88. The maximum Gasteiger partial charge on any atom is 0.314 e. The van der Waals surface area contributed by atoms with Crippen LogP contribution in [0, 0.1) is 0 Å². The Hall–Kier alpha value is -1.80. The predicted octanol–water partition coefficient (Wildman–Crippen LogP) is -0.395. The summed E-state index contributed by atoms with van der Waals surface area (Å²) in [6.45, 7) is 0.325. The Morgan fingerprint density at radius 2 is 2.14 bits per heavy atom. The Bertz CT molecular complexity index is 526. The maximum absolute atomic E-state index is 11.8. The monoisotopic (exact) mass is 315 g/mol. The van der Waals surface area contributed by atoms with Crippen molar-refractivity contribution < 1.29 is 33.4 Å². The number of hydrogen-bond acceptors (Lipinski definition) is 7. The summed E-state index contributed by atoms with van der Waals surface area (Å²) in [5.41, 5.74) is 0. The number of quaternary nitrogens is 1. The van der Waals surface area contributed by atoms with E-state index in [1.807, 2.05) is 5.38 Å². The van der Waals surface area contributed by atoms with Crippen LogP contribution in [0.15, 0.2) is 10.8 Å². The van der Waals surface area contributed by atoms with E-state index in [2.05, 4.69) is 0 Å². The Kier molecular flexibility index (Phi) is 4.69. The van der Waals surface area contributed by atoms with Gasteiger partial charge in [0.05, 0.1) is 33.0 Å². The predicted molar refractivity (Wildman–Crippen MR) is 71.8 cm³/mol. The van der Waals surface area contributed by atoms with E-state index in [-0.39, 0.29) is 24.1 Å². The molecule has 0 bridgehead atoms. The number of nitrogens with zero attached hydrogens (tertiary/aromatic N) is 1. The lowest BCUT2D eigenvalue weighted by Crippen LogP contribution is -2.49. The van der Waals surface area contributed by atoms with E-state index in [4.69, 9.17) is 14.2 Å². The van der Waals surface area contributed by atoms with Gasteiger partial charge < -0.3 is 28.6 Å². The molecule has 8 heteroatoms. The van der Waals surface area contributed by atoms with Gasteiger partial charge in [-0.3, -0.25) is 4.79 Å². The molecule has 0 aromatic carbocycles. The third-order valence-corrected chi connectivity index (χ3v) is 3.67. The van der Waals surface area contributed by atoms with Gasteiger partial charge in [-0.2, -0.15) is 0 Å². The first-order valence-electron chi connectivity index (χ1n) is 6.43. The number of ether oxygens (including phenoxy) is 3. The molecule has 1 aromatic heterocycles. The Balaban J connectivity index is 1.77. The molecule has 1 unspecified atom stereocenters. The van der Waals surface area contributed by atoms with E-state index in [0.717, 1.165) is 0 Å². The van der Waals surface area contributed by atoms with Gasteiger partial charge in [0.25, 0.3) is 6.29 Å². The zero-order valence-corrected chi connectivity index (χ0v) is 12.7. The molecule has 1 aliphatic rings. The second-order valence-corrected chi connectivity index (χ2v) is 6.13. The molecule has 0 N–H and O–H groups in total. The van der Waals surface area contributed by atoms with Crippen LogP contribution < -0.4 is 14.6 Å². The van der Waals surface area contributed by atoms with Crippen molar-refractivity contribution in [1.29, 1.82) is 0 Å². The highest BCUT2D eigenvalue weighted by molar-refractivity contribution is 7.08. The Morgan fingerprint density at radius 3 is 2.86 bits per heavy atom. The highest BCUT2D eigenvalue weighted by atomic mass is 32.1. The van der Waals surface area contributed by atoms with Gasteiger partial charge in [-0.15, -0.1) is 11.3 Å². The van der Waals surface area contributed by atoms with Gasteiger partial charge in [0, 0.05) is 10.8 Å². The number of aliphatic carboxylic acids is 1. The summed E-state index contributed by atoms with van der Waals surface area (Å²) in [4.78, 5) is 22.4. The topological polar surface area (TPSA) is 84.9 Å². The number of thiophene rings is 1. The van der Waals surface area contributed by atoms with Crippen LogP contribution in [0.3, 0.4) is 0 Å². The Labute approximate surface area is 126 Å². The summed E-state index contributed by atoms with van der Waals surface area (Å²) in [5.74, 6) is -0.384. The average Bonchev–Trinajstić information content (AvgIpc) is 2.82. The van der Waals surface area contributed by atoms with Gasteiger partial charge in [0.1, 0.15) is 6.54 Å². The molecule has 0 saturated carbocycles. The van der Waals surface area contributed by atoms with Gasteiger partial charge in [-0.05, 0) is 0 Å². The Morgan fingerprint density at radius 1 is 1.43 bits per heavy atom. The van der Waals surface area contributed by atoms with Crippen molar-refractivity contribution in [3.05, 3.63) is 10.8 Å². The molecule has 0 fully saturated rings. The molecule has 21 heavy (non-hydrogen) atoms. The normalized spacial score (nSPS) is 17.3. The number of carboxylic acid groups (broad SMARTS) is 1. The second kappa shape index (κ2) is 6.31. The van der Waals surface area contributed by atoms with Crippen LogP contribution in [0.4, 0.5) is 0 Å². The van der Waals surface area contributed by atoms with Gasteiger partial charge >= 0.3 is 5.97 Å². The maximum atomic E-state index is 11.8. The molecular formula is C13H17NO6S. The molecule has 0 amide bonds. The second-order valence-electron chi connectivity index (χ2n) is 5.39. The first-order chi connectivity index (χ1) is 9.85. The minimum absolute atomic E-state index is 0.0939. The number of rotatable bonds is 6. The highest BCUT2D eigenvalue weighted by Crippen LogP contribution is 2.35. The number of carbonyl (C=O) groups is 2. The molecule has 2 heterocycles. The van der Waals surface area contributed by atoms with Gasteiger partial charge in [0.15, 0.2) is 18.1 Å². The van der Waals surface area contributed by atoms with E-state index in [1.165, 1.54) is 11.3 Å². The summed E-state index contributed by atoms with van der Waals surface area (Å²) in [7, 11) is 3.42. The van der Waals surface area contributed by atoms with Crippen molar-refractivity contribution in [3.63, 3.8) is 0 Å². The molecule has 2 rings (SSSR count). The fraction of sp³-hybridized carbons (Fsp3) is 0.538. The molecular weight excluding hydrogens is 298 g/mol. The van der Waals surface area contributed by atoms with Crippen LogP contribution in [0.1, 0.15) is 6.42 Å². The first kappa shape index (κ1) is 15.6. The molecule has 1 aromatic rings. The summed E-state index contributed by atoms with van der Waals surface area (Å²) < 4.78 is 16.2. The van der Waals surface area contributed by atoms with Gasteiger partial charge in [-0.1, -0.05) is 0 Å². The number of hydrogen-bond donors (Lipinski definition) is 0. The number of fused-ring (bicyclic) bond motifs is 1. The highest BCUT2D eigenvalue weighted by Gasteiger charge is 2.26. The third kappa shape index (κ3) is 4.61. The first-order valence-corrected chi connectivity index (χ1v) is 7.37. The van der Waals surface area contributed by atoms with Gasteiger partial charge in [0.2, 0.25) is 0 Å². The minimum atomic E-state index is -1.15. The summed E-state index contributed by atoms with van der Waals surface area (Å²) in [5, 5.41) is 14.2. The quantitative estimate of drug-likeness (QED) is 0.525. The van der Waals surface area contributed by atoms with Crippen LogP contribution >= 0.6 is 11.3 Å². The standard InChI is InChI=1S/C13H17NO6S/c1-14(2,5-11(15)16)4-3-12(17)20-13-6-18-9-7-21-8-10(9)19-13/h7-8,13H,3-6H2,1-2H3. The molecule has 0 saturated heterocycles. The van der Waals surface area contributed by atoms with E-state index >= 15 is 0 Å². The fourth-order valence-corrected chi connectivity index (χ4v) is 2.56. The SMILES string of the molecule is C[N+](C)(CCC(=O)OC1COc2cscc2O1)CC(=O)[O-]. The molecule has 1 atom stereocenters. The molecule has 0 aliphatic carbocycles. The van der Waals surface area contributed by atoms with Crippen molar-refractivity contribution >= 4 is 23.3 Å². The van der Waals surface area contributed by atoms with E-state index in [0.29, 0.717) is 18.0 Å².